The Morgan fingerprint density at radius 3 is 2.94 bits per heavy atom. The Morgan fingerprint density at radius 1 is 1.50 bits per heavy atom. The summed E-state index contributed by atoms with van der Waals surface area (Å²) in [5, 5.41) is 9.00. The van der Waals surface area contributed by atoms with E-state index in [0.717, 1.165) is 9.63 Å². The van der Waals surface area contributed by atoms with E-state index in [-0.39, 0.29) is 0 Å². The van der Waals surface area contributed by atoms with Crippen molar-refractivity contribution >= 4 is 27.7 Å². The second-order valence-electron chi connectivity index (χ2n) is 2.84. The van der Waals surface area contributed by atoms with E-state index in [1.807, 2.05) is 7.05 Å². The Balaban J connectivity index is 2.25. The van der Waals surface area contributed by atoms with Crippen molar-refractivity contribution in [1.29, 1.82) is 0 Å². The monoisotopic (exact) mass is 301 g/mol. The van der Waals surface area contributed by atoms with Crippen molar-refractivity contribution in [2.45, 2.75) is 10.3 Å². The van der Waals surface area contributed by atoms with E-state index in [9.17, 15) is 0 Å². The smallest absolute Gasteiger partial charge is 0.231 e. The zero-order valence-electron chi connectivity index (χ0n) is 8.59. The second-order valence-corrected chi connectivity index (χ2v) is 4.63. The van der Waals surface area contributed by atoms with Crippen LogP contribution >= 0.6 is 27.7 Å². The molecule has 0 aliphatic heterocycles. The van der Waals surface area contributed by atoms with E-state index in [1.165, 1.54) is 11.8 Å². The lowest BCUT2D eigenvalue weighted by atomic mass is 10.6. The van der Waals surface area contributed by atoms with Crippen molar-refractivity contribution in [2.75, 3.05) is 7.11 Å². The van der Waals surface area contributed by atoms with Gasteiger partial charge in [-0.2, -0.15) is 4.98 Å². The van der Waals surface area contributed by atoms with Gasteiger partial charge in [-0.1, -0.05) is 0 Å². The molecule has 0 saturated heterocycles. The van der Waals surface area contributed by atoms with Crippen molar-refractivity contribution in [1.82, 2.24) is 24.7 Å². The van der Waals surface area contributed by atoms with Gasteiger partial charge in [0.05, 0.1) is 11.6 Å². The quantitative estimate of drug-likeness (QED) is 0.801. The minimum absolute atomic E-state index is 0.500. The van der Waals surface area contributed by atoms with Crippen molar-refractivity contribution in [3.05, 3.63) is 17.0 Å². The Morgan fingerprint density at radius 2 is 2.31 bits per heavy atom. The molecule has 8 heteroatoms. The molecule has 16 heavy (non-hydrogen) atoms. The van der Waals surface area contributed by atoms with Crippen LogP contribution in [0.15, 0.2) is 27.3 Å². The molecule has 2 heterocycles. The van der Waals surface area contributed by atoms with E-state index >= 15 is 0 Å². The van der Waals surface area contributed by atoms with E-state index in [4.69, 9.17) is 4.74 Å². The van der Waals surface area contributed by atoms with E-state index in [1.54, 1.807) is 24.2 Å². The number of rotatable bonds is 3. The highest BCUT2D eigenvalue weighted by Gasteiger charge is 2.09. The lowest BCUT2D eigenvalue weighted by molar-refractivity contribution is 0.389. The maximum atomic E-state index is 5.08. The predicted octanol–water partition coefficient (Wildman–Crippen LogP) is 1.53. The highest BCUT2D eigenvalue weighted by atomic mass is 79.9. The van der Waals surface area contributed by atoms with Gasteiger partial charge >= 0.3 is 0 Å². The number of ether oxygens (including phenoxy) is 1. The molecule has 6 nitrogen and oxygen atoms in total. The standard InChI is InChI=1S/C8H8BrN5OS/c1-14-4-11-13-8(14)16-7-10-3-5(9)6(12-7)15-2/h3-4H,1-2H3. The molecule has 0 aliphatic carbocycles. The normalized spacial score (nSPS) is 10.4. The van der Waals surface area contributed by atoms with Crippen molar-refractivity contribution in [3.63, 3.8) is 0 Å². The average molecular weight is 302 g/mol. The van der Waals surface area contributed by atoms with Gasteiger partial charge in [0.25, 0.3) is 0 Å². The molecular weight excluding hydrogens is 294 g/mol. The topological polar surface area (TPSA) is 65.7 Å². The molecule has 0 unspecified atom stereocenters. The lowest BCUT2D eigenvalue weighted by Crippen LogP contribution is -1.95. The predicted molar refractivity (Wildman–Crippen MR) is 61.4 cm³/mol. The summed E-state index contributed by atoms with van der Waals surface area (Å²) in [7, 11) is 3.42. The molecule has 0 radical (unpaired) electrons. The van der Waals surface area contributed by atoms with Crippen LogP contribution in [0, 0.1) is 0 Å². The molecule has 0 amide bonds. The van der Waals surface area contributed by atoms with Gasteiger partial charge in [0.1, 0.15) is 6.33 Å². The molecule has 0 atom stereocenters. The van der Waals surface area contributed by atoms with Crippen LogP contribution in [0.25, 0.3) is 0 Å². The number of methoxy groups -OCH3 is 1. The second kappa shape index (κ2) is 4.79. The van der Waals surface area contributed by atoms with Gasteiger partial charge in [-0.3, -0.25) is 0 Å². The summed E-state index contributed by atoms with van der Waals surface area (Å²) in [5.41, 5.74) is 0. The minimum Gasteiger partial charge on any atom is -0.480 e. The number of halogens is 1. The van der Waals surface area contributed by atoms with Gasteiger partial charge in [-0.15, -0.1) is 10.2 Å². The highest BCUT2D eigenvalue weighted by Crippen LogP contribution is 2.27. The fourth-order valence-electron chi connectivity index (χ4n) is 0.975. The minimum atomic E-state index is 0.500. The first-order chi connectivity index (χ1) is 7.70. The van der Waals surface area contributed by atoms with Gasteiger partial charge in [0.15, 0.2) is 10.3 Å². The molecule has 0 spiro atoms. The zero-order valence-corrected chi connectivity index (χ0v) is 11.0. The Labute approximate surface area is 105 Å². The maximum Gasteiger partial charge on any atom is 0.231 e. The first kappa shape index (κ1) is 11.3. The number of hydrogen-bond donors (Lipinski definition) is 0. The molecule has 0 bridgehead atoms. The molecule has 0 fully saturated rings. The van der Waals surface area contributed by atoms with Crippen LogP contribution in [-0.2, 0) is 7.05 Å². The Kier molecular flexibility index (Phi) is 3.39. The Hall–Kier alpha value is -1.15. The molecule has 2 aromatic rings. The average Bonchev–Trinajstić information content (AvgIpc) is 2.67. The van der Waals surface area contributed by atoms with Crippen molar-refractivity contribution < 1.29 is 4.74 Å². The summed E-state index contributed by atoms with van der Waals surface area (Å²) in [6.07, 6.45) is 3.27. The SMILES string of the molecule is COc1nc(Sc2nncn2C)ncc1Br. The first-order valence-corrected chi connectivity index (χ1v) is 5.90. The fraction of sp³-hybridized carbons (Fsp3) is 0.250. The van der Waals surface area contributed by atoms with Crippen LogP contribution in [-0.4, -0.2) is 31.8 Å². The number of nitrogens with zero attached hydrogens (tertiary/aromatic N) is 5. The number of aryl methyl sites for hydroxylation is 1. The summed E-state index contributed by atoms with van der Waals surface area (Å²) >= 11 is 4.62. The van der Waals surface area contributed by atoms with Crippen molar-refractivity contribution in [2.24, 2.45) is 7.05 Å². The van der Waals surface area contributed by atoms with E-state index in [2.05, 4.69) is 36.1 Å². The molecule has 2 aromatic heterocycles. The summed E-state index contributed by atoms with van der Waals surface area (Å²) < 4.78 is 7.59. The van der Waals surface area contributed by atoms with Gasteiger partial charge in [-0.25, -0.2) is 4.98 Å². The van der Waals surface area contributed by atoms with E-state index in [0.29, 0.717) is 11.0 Å². The van der Waals surface area contributed by atoms with Crippen LogP contribution in [0.3, 0.4) is 0 Å². The van der Waals surface area contributed by atoms with E-state index < -0.39 is 0 Å². The van der Waals surface area contributed by atoms with Gasteiger partial charge in [-0.05, 0) is 27.7 Å². The summed E-state index contributed by atoms with van der Waals surface area (Å²) in [4.78, 5) is 8.36. The molecule has 0 aromatic carbocycles. The highest BCUT2D eigenvalue weighted by molar-refractivity contribution is 9.10. The molecule has 0 aliphatic rings. The third kappa shape index (κ3) is 2.33. The van der Waals surface area contributed by atoms with Crippen LogP contribution in [0.2, 0.25) is 0 Å². The summed E-state index contributed by atoms with van der Waals surface area (Å²) in [6, 6.07) is 0. The molecule has 2 rings (SSSR count). The molecule has 0 N–H and O–H groups in total. The van der Waals surface area contributed by atoms with Crippen molar-refractivity contribution in [3.8, 4) is 5.88 Å². The van der Waals surface area contributed by atoms with Crippen LogP contribution in [0.4, 0.5) is 0 Å². The lowest BCUT2D eigenvalue weighted by Gasteiger charge is -2.03. The third-order valence-corrected chi connectivity index (χ3v) is 3.21. The molecular formula is C8H8BrN5OS. The maximum absolute atomic E-state index is 5.08. The molecule has 0 saturated carbocycles. The van der Waals surface area contributed by atoms with Gasteiger partial charge in [0, 0.05) is 13.2 Å². The summed E-state index contributed by atoms with van der Waals surface area (Å²) in [5.74, 6) is 0.500. The van der Waals surface area contributed by atoms with Crippen LogP contribution < -0.4 is 4.74 Å². The fourth-order valence-corrected chi connectivity index (χ4v) is 2.00. The molecule has 84 valence electrons. The zero-order chi connectivity index (χ0) is 11.5. The summed E-state index contributed by atoms with van der Waals surface area (Å²) in [6.45, 7) is 0. The number of hydrogen-bond acceptors (Lipinski definition) is 6. The third-order valence-electron chi connectivity index (χ3n) is 1.74. The van der Waals surface area contributed by atoms with Gasteiger partial charge < -0.3 is 9.30 Å². The van der Waals surface area contributed by atoms with Gasteiger partial charge in [0.2, 0.25) is 5.88 Å². The first-order valence-electron chi connectivity index (χ1n) is 4.29. The number of aromatic nitrogens is 5. The van der Waals surface area contributed by atoms with Crippen LogP contribution in [0.1, 0.15) is 0 Å². The van der Waals surface area contributed by atoms with Crippen LogP contribution in [0.5, 0.6) is 5.88 Å². The Bertz CT molecular complexity index is 503. The largest absolute Gasteiger partial charge is 0.480 e.